The molecule has 0 saturated carbocycles. The molecule has 0 spiro atoms. The minimum atomic E-state index is -0.824. The van der Waals surface area contributed by atoms with E-state index in [9.17, 15) is 15.2 Å². The maximum Gasteiger partial charge on any atom is 0.249 e. The normalized spacial score (nSPS) is 16.3. The molecule has 0 aliphatic carbocycles. The summed E-state index contributed by atoms with van der Waals surface area (Å²) in [5, 5.41) is 29.8. The van der Waals surface area contributed by atoms with Gasteiger partial charge in [0.2, 0.25) is 5.91 Å². The molecule has 1 aliphatic heterocycles. The highest BCUT2D eigenvalue weighted by Gasteiger charge is 2.35. The van der Waals surface area contributed by atoms with E-state index in [0.29, 0.717) is 21.9 Å². The molecule has 214 valence electrons. The van der Waals surface area contributed by atoms with Gasteiger partial charge in [0, 0.05) is 46.5 Å². The van der Waals surface area contributed by atoms with E-state index in [0.717, 1.165) is 22.5 Å². The van der Waals surface area contributed by atoms with Gasteiger partial charge in [-0.1, -0.05) is 41.9 Å². The fourth-order valence-electron chi connectivity index (χ4n) is 4.49. The van der Waals surface area contributed by atoms with Gasteiger partial charge in [0.25, 0.3) is 0 Å². The summed E-state index contributed by atoms with van der Waals surface area (Å²) in [5.74, 6) is -0.256. The topological polar surface area (TPSA) is 125 Å². The van der Waals surface area contributed by atoms with Crippen LogP contribution in [0, 0.1) is 11.3 Å². The number of carbonyl (C=O) groups is 1. The monoisotopic (exact) mass is 568 g/mol. The molecular formula is C30H37ClN4O5. The summed E-state index contributed by atoms with van der Waals surface area (Å²) in [6, 6.07) is 16.4. The van der Waals surface area contributed by atoms with Crippen LogP contribution in [0.15, 0.2) is 71.1 Å². The molecule has 9 nitrogen and oxygen atoms in total. The summed E-state index contributed by atoms with van der Waals surface area (Å²) >= 11 is 6.60. The first-order valence-corrected chi connectivity index (χ1v) is 13.4. The molecule has 1 unspecified atom stereocenters. The third-order valence-corrected chi connectivity index (χ3v) is 6.98. The van der Waals surface area contributed by atoms with Crippen molar-refractivity contribution in [2.24, 2.45) is 0 Å². The average Bonchev–Trinajstić information content (AvgIpc) is 2.93. The molecular weight excluding hydrogens is 532 g/mol. The van der Waals surface area contributed by atoms with Crippen molar-refractivity contribution in [2.75, 3.05) is 33.4 Å². The Balaban J connectivity index is 1.66. The number of β-amino-alcohol motifs (C(OH)–C–C–N with tert-alkyl or cyclic N) is 1. The number of ether oxygens (including phenoxy) is 1. The summed E-state index contributed by atoms with van der Waals surface area (Å²) in [6.07, 6.45) is -0.824. The van der Waals surface area contributed by atoms with Crippen LogP contribution in [0.25, 0.3) is 0 Å². The van der Waals surface area contributed by atoms with Crippen LogP contribution < -0.4 is 20.7 Å². The number of aliphatic hydroxyl groups is 1. The highest BCUT2D eigenvalue weighted by atomic mass is 35.5. The Kier molecular flexibility index (Phi) is 11.1. The standard InChI is InChI=1S/C30H37ClN4O5/c1-19-24(17-40-38-5)28(23-11-7-8-12-25(23)31)27(20(2)35-19)29(37)33-18-30(3,4)34-15-22(36)16-39-26-13-9-6-10-21(26)14-32/h6-13,22,28,34-36H,15-18H2,1-5H3,(H,33,37)/t22-,28?/m0/s1. The number of nitrogens with zero attached hydrogens (tertiary/aromatic N) is 1. The predicted molar refractivity (Wildman–Crippen MR) is 153 cm³/mol. The molecule has 10 heteroatoms. The lowest BCUT2D eigenvalue weighted by Gasteiger charge is -2.33. The maximum absolute atomic E-state index is 13.7. The molecule has 2 atom stereocenters. The van der Waals surface area contributed by atoms with Gasteiger partial charge in [-0.05, 0) is 57.0 Å². The number of amides is 1. The number of dihydropyridines is 1. The van der Waals surface area contributed by atoms with Gasteiger partial charge >= 0.3 is 0 Å². The molecule has 0 bridgehead atoms. The van der Waals surface area contributed by atoms with E-state index in [2.05, 4.69) is 22.0 Å². The van der Waals surface area contributed by atoms with Gasteiger partial charge < -0.3 is 25.8 Å². The van der Waals surface area contributed by atoms with Gasteiger partial charge in [0.15, 0.2) is 0 Å². The lowest BCUT2D eigenvalue weighted by atomic mass is 9.80. The zero-order valence-electron chi connectivity index (χ0n) is 23.5. The Morgan fingerprint density at radius 3 is 2.58 bits per heavy atom. The molecule has 4 N–H and O–H groups in total. The predicted octanol–water partition coefficient (Wildman–Crippen LogP) is 3.95. The van der Waals surface area contributed by atoms with Crippen molar-refractivity contribution >= 4 is 17.5 Å². The first-order valence-electron chi connectivity index (χ1n) is 13.0. The Bertz CT molecular complexity index is 1300. The Hall–Kier alpha value is -3.39. The first-order chi connectivity index (χ1) is 19.1. The van der Waals surface area contributed by atoms with Crippen molar-refractivity contribution in [3.8, 4) is 11.8 Å². The molecule has 2 aromatic rings. The van der Waals surface area contributed by atoms with Crippen molar-refractivity contribution < 1.29 is 24.4 Å². The fourth-order valence-corrected chi connectivity index (χ4v) is 4.73. The molecule has 40 heavy (non-hydrogen) atoms. The second-order valence-electron chi connectivity index (χ2n) is 10.2. The summed E-state index contributed by atoms with van der Waals surface area (Å²) in [5.41, 5.74) is 3.61. The molecule has 3 rings (SSSR count). The van der Waals surface area contributed by atoms with Gasteiger partial charge in [0.1, 0.15) is 31.1 Å². The number of nitrogens with one attached hydrogen (secondary N) is 3. The van der Waals surface area contributed by atoms with Crippen LogP contribution >= 0.6 is 11.6 Å². The molecule has 0 fully saturated rings. The molecule has 1 heterocycles. The number of hydrogen-bond acceptors (Lipinski definition) is 8. The SMILES string of the molecule is COOCC1=C(C)NC(C)=C(C(=O)NCC(C)(C)NC[C@H](O)COc2ccccc2C#N)C1c1ccccc1Cl. The third-order valence-electron chi connectivity index (χ3n) is 6.64. The quantitative estimate of drug-likeness (QED) is 0.211. The van der Waals surface area contributed by atoms with Gasteiger partial charge in [0.05, 0.1) is 12.7 Å². The summed E-state index contributed by atoms with van der Waals surface area (Å²) in [6.45, 7) is 8.33. The number of rotatable bonds is 13. The Morgan fingerprint density at radius 1 is 1.18 bits per heavy atom. The number of para-hydroxylation sites is 1. The molecule has 1 aliphatic rings. The minimum absolute atomic E-state index is 0.0173. The van der Waals surface area contributed by atoms with Gasteiger partial charge in [-0.15, -0.1) is 0 Å². The molecule has 2 aromatic carbocycles. The number of aliphatic hydroxyl groups excluding tert-OH is 1. The van der Waals surface area contributed by atoms with Crippen molar-refractivity contribution in [3.63, 3.8) is 0 Å². The number of hydrogen-bond donors (Lipinski definition) is 4. The van der Waals surface area contributed by atoms with Crippen molar-refractivity contribution in [1.29, 1.82) is 5.26 Å². The number of nitriles is 1. The zero-order valence-corrected chi connectivity index (χ0v) is 24.3. The van der Waals surface area contributed by atoms with Crippen molar-refractivity contribution in [1.82, 2.24) is 16.0 Å². The van der Waals surface area contributed by atoms with Crippen LogP contribution in [-0.2, 0) is 14.6 Å². The maximum atomic E-state index is 13.7. The van der Waals surface area contributed by atoms with Gasteiger partial charge in [-0.2, -0.15) is 5.26 Å². The highest BCUT2D eigenvalue weighted by molar-refractivity contribution is 6.31. The minimum Gasteiger partial charge on any atom is -0.489 e. The lowest BCUT2D eigenvalue weighted by molar-refractivity contribution is -0.265. The van der Waals surface area contributed by atoms with Crippen molar-refractivity contribution in [2.45, 2.75) is 45.3 Å². The third kappa shape index (κ3) is 8.07. The molecule has 0 saturated heterocycles. The van der Waals surface area contributed by atoms with Crippen LogP contribution in [0.2, 0.25) is 5.02 Å². The van der Waals surface area contributed by atoms with E-state index in [4.69, 9.17) is 26.1 Å². The molecule has 0 aromatic heterocycles. The average molecular weight is 569 g/mol. The van der Waals surface area contributed by atoms with Gasteiger partial charge in [-0.25, -0.2) is 9.78 Å². The second kappa shape index (κ2) is 14.3. The van der Waals surface area contributed by atoms with Crippen molar-refractivity contribution in [3.05, 3.63) is 87.2 Å². The Morgan fingerprint density at radius 2 is 1.88 bits per heavy atom. The van der Waals surface area contributed by atoms with Crippen LogP contribution in [0.3, 0.4) is 0 Å². The molecule has 0 radical (unpaired) electrons. The Labute approximate surface area is 240 Å². The summed E-state index contributed by atoms with van der Waals surface area (Å²) < 4.78 is 5.62. The van der Waals surface area contributed by atoms with E-state index < -0.39 is 17.6 Å². The second-order valence-corrected chi connectivity index (χ2v) is 10.6. The van der Waals surface area contributed by atoms with E-state index in [-0.39, 0.29) is 32.2 Å². The van der Waals surface area contributed by atoms with Crippen LogP contribution in [0.4, 0.5) is 0 Å². The summed E-state index contributed by atoms with van der Waals surface area (Å²) in [7, 11) is 1.44. The van der Waals surface area contributed by atoms with Crippen LogP contribution in [0.5, 0.6) is 5.75 Å². The van der Waals surface area contributed by atoms with E-state index in [1.165, 1.54) is 7.11 Å². The number of allylic oxidation sites excluding steroid dienone is 2. The lowest BCUT2D eigenvalue weighted by Crippen LogP contribution is -2.52. The number of carbonyl (C=O) groups excluding carboxylic acids is 1. The zero-order chi connectivity index (χ0) is 29.3. The largest absolute Gasteiger partial charge is 0.489 e. The summed E-state index contributed by atoms with van der Waals surface area (Å²) in [4.78, 5) is 23.8. The number of benzene rings is 2. The van der Waals surface area contributed by atoms with Crippen LogP contribution in [-0.4, -0.2) is 56.1 Å². The van der Waals surface area contributed by atoms with E-state index in [1.54, 1.807) is 30.3 Å². The first kappa shape index (κ1) is 31.1. The fraction of sp³-hybridized carbons (Fsp3) is 0.400. The smallest absolute Gasteiger partial charge is 0.249 e. The van der Waals surface area contributed by atoms with E-state index >= 15 is 0 Å². The van der Waals surface area contributed by atoms with E-state index in [1.807, 2.05) is 45.9 Å². The van der Waals surface area contributed by atoms with Gasteiger partial charge in [-0.3, -0.25) is 4.79 Å². The molecule has 1 amide bonds. The van der Waals surface area contributed by atoms with Crippen LogP contribution in [0.1, 0.15) is 44.7 Å². The number of halogens is 1. The highest BCUT2D eigenvalue weighted by Crippen LogP contribution is 2.41.